The molecule has 0 aromatic rings. The molecule has 0 bridgehead atoms. The minimum Gasteiger partial charge on any atom is 0 e. The molecule has 0 unspecified atom stereocenters. The predicted octanol–water partition coefficient (Wildman–Crippen LogP) is -2.11. The van der Waals surface area contributed by atoms with Crippen LogP contribution in [0.25, 0.3) is 0 Å². The fourth-order valence-electron chi connectivity index (χ4n) is 0. The standard InChI is InChI=1S/Al.Mg.Ti.2Zn.5H. The van der Waals surface area contributed by atoms with Gasteiger partial charge in [0.2, 0.25) is 0 Å². The average Bonchev–Trinajstić information content (AvgIpc) is 0. The Morgan fingerprint density at radius 1 is 0.800 bits per heavy atom. The van der Waals surface area contributed by atoms with Crippen LogP contribution in [0, 0.1) is 0 Å². The van der Waals surface area contributed by atoms with Gasteiger partial charge in [-0.2, -0.15) is 0 Å². The quantitative estimate of drug-likeness (QED) is 0.422. The molecule has 0 aliphatic rings. The van der Waals surface area contributed by atoms with E-state index in [2.05, 4.69) is 0 Å². The summed E-state index contributed by atoms with van der Waals surface area (Å²) in [4.78, 5) is 0. The van der Waals surface area contributed by atoms with Crippen molar-refractivity contribution in [1.82, 2.24) is 0 Å². The van der Waals surface area contributed by atoms with Gasteiger partial charge in [0.15, 0.2) is 17.4 Å². The van der Waals surface area contributed by atoms with Gasteiger partial charge in [-0.05, 0) is 0 Å². The number of rotatable bonds is 0. The molecule has 0 amide bonds. The zero-order valence-electron chi connectivity index (χ0n) is 1.91. The molecule has 0 aliphatic heterocycles. The summed E-state index contributed by atoms with van der Waals surface area (Å²) >= 11 is 0. The van der Waals surface area contributed by atoms with Crippen LogP contribution in [0.3, 0.4) is 0 Å². The maximum Gasteiger partial charge on any atom is 0.316 e. The molecule has 0 nitrogen and oxygen atoms in total. The third-order valence-corrected chi connectivity index (χ3v) is 0. The van der Waals surface area contributed by atoms with Crippen molar-refractivity contribution in [2.24, 2.45) is 0 Å². The van der Waals surface area contributed by atoms with Gasteiger partial charge >= 0.3 is 23.1 Å². The van der Waals surface area contributed by atoms with E-state index in [1.165, 1.54) is 0 Å². The van der Waals surface area contributed by atoms with Crippen LogP contribution in [-0.4, -0.2) is 40.4 Å². The van der Waals surface area contributed by atoms with Crippen LogP contribution in [0.2, 0.25) is 0 Å². The van der Waals surface area contributed by atoms with Gasteiger partial charge in [0.25, 0.3) is 0 Å². The van der Waals surface area contributed by atoms with Crippen LogP contribution in [0.1, 0.15) is 0 Å². The summed E-state index contributed by atoms with van der Waals surface area (Å²) in [7, 11) is 0. The maximum atomic E-state index is 0. The first-order chi connectivity index (χ1) is 0. The Morgan fingerprint density at radius 2 is 0.800 bits per heavy atom. The maximum absolute atomic E-state index is 0. The Bertz CT molecular complexity index is 9.61. The van der Waals surface area contributed by atoms with Crippen LogP contribution >= 0.6 is 0 Å². The SMILES string of the molecule is [AlH3].[MgH2].[Ti].[Zn].[Zn]. The molecule has 0 aliphatic carbocycles. The Kier molecular flexibility index (Phi) is 219. The van der Waals surface area contributed by atoms with Gasteiger partial charge in [-0.25, -0.2) is 0 Å². The Labute approximate surface area is 99.3 Å². The summed E-state index contributed by atoms with van der Waals surface area (Å²) in [6.07, 6.45) is 0. The van der Waals surface area contributed by atoms with E-state index in [0.717, 1.165) is 0 Å². The van der Waals surface area contributed by atoms with E-state index in [1.54, 1.807) is 0 Å². The average molecular weight is 235 g/mol. The summed E-state index contributed by atoms with van der Waals surface area (Å²) in [5.74, 6) is 0. The van der Waals surface area contributed by atoms with E-state index in [0.29, 0.717) is 0 Å². The molecule has 0 saturated carbocycles. The molecular weight excluding hydrogens is 230 g/mol. The minimum absolute atomic E-state index is 0. The first-order valence-corrected chi connectivity index (χ1v) is 0. The predicted molar refractivity (Wildman–Crippen MR) is 18.5 cm³/mol. The van der Waals surface area contributed by atoms with E-state index < -0.39 is 0 Å². The second-order valence-corrected chi connectivity index (χ2v) is 0. The normalized spacial score (nSPS) is 0. The summed E-state index contributed by atoms with van der Waals surface area (Å²) < 4.78 is 0. The molecule has 0 N–H and O–H groups in total. The smallest absolute Gasteiger partial charge is 0 e. The second kappa shape index (κ2) is 26.8. The van der Waals surface area contributed by atoms with Gasteiger partial charge in [0.05, 0.1) is 0 Å². The summed E-state index contributed by atoms with van der Waals surface area (Å²) in [5.41, 5.74) is 0. The monoisotopic (exact) mass is 232 g/mol. The van der Waals surface area contributed by atoms with Crippen molar-refractivity contribution >= 4 is 40.4 Å². The van der Waals surface area contributed by atoms with E-state index in [9.17, 15) is 0 Å². The molecule has 5 heteroatoms. The molecule has 5 heavy (non-hydrogen) atoms. The van der Waals surface area contributed by atoms with Crippen LogP contribution in [0.5, 0.6) is 0 Å². The van der Waals surface area contributed by atoms with Crippen LogP contribution in [0.15, 0.2) is 0 Å². The van der Waals surface area contributed by atoms with Crippen molar-refractivity contribution < 1.29 is 60.7 Å². The molecule has 0 aromatic carbocycles. The van der Waals surface area contributed by atoms with Crippen molar-refractivity contribution in [2.45, 2.75) is 0 Å². The second-order valence-electron chi connectivity index (χ2n) is 0. The molecule has 0 saturated heterocycles. The topological polar surface area (TPSA) is 0 Å². The minimum atomic E-state index is 0. The Hall–Kier alpha value is 3.26. The first kappa shape index (κ1) is 41.0. The molecule has 0 aromatic heterocycles. The van der Waals surface area contributed by atoms with Crippen molar-refractivity contribution in [3.8, 4) is 0 Å². The van der Waals surface area contributed by atoms with Crippen molar-refractivity contribution in [1.29, 1.82) is 0 Å². The zero-order valence-corrected chi connectivity index (χ0v) is 9.41. The molecule has 0 atom stereocenters. The largest absolute Gasteiger partial charge is 0.316 e. The van der Waals surface area contributed by atoms with E-state index in [1.807, 2.05) is 0 Å². The Morgan fingerprint density at radius 3 is 0.800 bits per heavy atom. The summed E-state index contributed by atoms with van der Waals surface area (Å²) in [6, 6.07) is 0. The third-order valence-electron chi connectivity index (χ3n) is 0. The van der Waals surface area contributed by atoms with Crippen LogP contribution in [-0.2, 0) is 60.7 Å². The molecule has 0 spiro atoms. The van der Waals surface area contributed by atoms with E-state index in [4.69, 9.17) is 0 Å². The van der Waals surface area contributed by atoms with Crippen molar-refractivity contribution in [2.75, 3.05) is 0 Å². The number of hydrogen-bond donors (Lipinski definition) is 0. The van der Waals surface area contributed by atoms with Crippen LogP contribution in [0.4, 0.5) is 0 Å². The molecule has 0 fully saturated rings. The molecule has 0 heterocycles. The van der Waals surface area contributed by atoms with E-state index in [-0.39, 0.29) is 101 Å². The van der Waals surface area contributed by atoms with Gasteiger partial charge < -0.3 is 0 Å². The van der Waals surface area contributed by atoms with Gasteiger partial charge in [-0.3, -0.25) is 0 Å². The van der Waals surface area contributed by atoms with Crippen LogP contribution < -0.4 is 0 Å². The van der Waals surface area contributed by atoms with Crippen molar-refractivity contribution in [3.63, 3.8) is 0 Å². The third kappa shape index (κ3) is 18.9. The van der Waals surface area contributed by atoms with E-state index >= 15 is 0 Å². The molecule has 0 radical (unpaired) electrons. The van der Waals surface area contributed by atoms with Gasteiger partial charge in [0.1, 0.15) is 0 Å². The van der Waals surface area contributed by atoms with Gasteiger partial charge in [-0.15, -0.1) is 0 Å². The molecule has 18 valence electrons. The van der Waals surface area contributed by atoms with Gasteiger partial charge in [-0.1, -0.05) is 0 Å². The fourth-order valence-corrected chi connectivity index (χ4v) is 0. The zero-order chi connectivity index (χ0) is 0. The first-order valence-electron chi connectivity index (χ1n) is 0. The summed E-state index contributed by atoms with van der Waals surface area (Å²) in [6.45, 7) is 0. The number of hydrogen-bond acceptors (Lipinski definition) is 0. The van der Waals surface area contributed by atoms with Gasteiger partial charge in [0, 0.05) is 60.7 Å². The molecular formula is H5AlMgTiZn2. The fraction of sp³-hybridized carbons (Fsp3) is 0. The van der Waals surface area contributed by atoms with Crippen molar-refractivity contribution in [3.05, 3.63) is 0 Å². The summed E-state index contributed by atoms with van der Waals surface area (Å²) in [5, 5.41) is 0. The molecule has 0 rings (SSSR count). The Balaban J connectivity index is 0.